The molecular formula is C34H60O11. The Bertz CT molecular complexity index is 994. The molecule has 2 aromatic rings. The summed E-state index contributed by atoms with van der Waals surface area (Å²) < 4.78 is 25.5. The van der Waals surface area contributed by atoms with Gasteiger partial charge in [0.2, 0.25) is 0 Å². The molecule has 2 aromatic carbocycles. The summed E-state index contributed by atoms with van der Waals surface area (Å²) in [6.45, 7) is 9.46. The van der Waals surface area contributed by atoms with Crippen molar-refractivity contribution in [3.8, 4) is 11.5 Å². The van der Waals surface area contributed by atoms with Crippen LogP contribution in [0, 0.1) is 0 Å². The minimum absolute atomic E-state index is 0. The first-order valence-electron chi connectivity index (χ1n) is 13.4. The maximum absolute atomic E-state index is 12.3. The van der Waals surface area contributed by atoms with E-state index in [-0.39, 0.29) is 74.3 Å². The molecule has 45 heavy (non-hydrogen) atoms. The number of ether oxygens (including phenoxy) is 5. The predicted octanol–water partition coefficient (Wildman–Crippen LogP) is 4.62. The molecule has 262 valence electrons. The second-order valence-electron chi connectivity index (χ2n) is 9.72. The molecule has 1 aliphatic heterocycles. The van der Waals surface area contributed by atoms with Gasteiger partial charge in [-0.3, -0.25) is 9.59 Å². The lowest BCUT2D eigenvalue weighted by atomic mass is 9.96. The summed E-state index contributed by atoms with van der Waals surface area (Å²) in [6, 6.07) is 13.2. The van der Waals surface area contributed by atoms with Crippen molar-refractivity contribution in [3.63, 3.8) is 0 Å². The van der Waals surface area contributed by atoms with Crippen molar-refractivity contribution in [2.24, 2.45) is 0 Å². The van der Waals surface area contributed by atoms with Crippen molar-refractivity contribution in [2.45, 2.75) is 68.6 Å². The number of aliphatic hydroxyl groups excluding tert-OH is 3. The van der Waals surface area contributed by atoms with Crippen LogP contribution in [0.3, 0.4) is 0 Å². The Labute approximate surface area is 271 Å². The maximum atomic E-state index is 12.3. The van der Waals surface area contributed by atoms with E-state index in [4.69, 9.17) is 34.3 Å². The highest BCUT2D eigenvalue weighted by Gasteiger charge is 2.29. The molecular weight excluding hydrogens is 584 g/mol. The van der Waals surface area contributed by atoms with Gasteiger partial charge >= 0.3 is 0 Å². The van der Waals surface area contributed by atoms with Crippen molar-refractivity contribution in [2.75, 3.05) is 66.1 Å². The van der Waals surface area contributed by atoms with Crippen molar-refractivity contribution in [1.82, 2.24) is 0 Å². The molecule has 0 aliphatic carbocycles. The van der Waals surface area contributed by atoms with Crippen LogP contribution in [-0.2, 0) is 14.2 Å². The zero-order valence-electron chi connectivity index (χ0n) is 24.3. The highest BCUT2D eigenvalue weighted by molar-refractivity contribution is 6.02. The monoisotopic (exact) mass is 644 g/mol. The number of hydrogen-bond donors (Lipinski definition) is 4. The summed E-state index contributed by atoms with van der Waals surface area (Å²) in [5.41, 5.74) is -1.40. The quantitative estimate of drug-likeness (QED) is 0.115. The normalized spacial score (nSPS) is 11.2. The van der Waals surface area contributed by atoms with Crippen LogP contribution in [0.15, 0.2) is 48.5 Å². The summed E-state index contributed by atoms with van der Waals surface area (Å²) in [7, 11) is 0. The third-order valence-corrected chi connectivity index (χ3v) is 5.19. The minimum atomic E-state index is -1.37. The molecule has 0 spiro atoms. The van der Waals surface area contributed by atoms with E-state index in [1.807, 2.05) is 0 Å². The standard InChI is InChI=1S/C16H24O6.C12H16O4.C2H4O.4CH4/c1-16(2,22-10-8-18)15(19)13-3-5-14(6-4-13)21-12-11-20-9-7-17;1-12(2,15)11(14)9-3-5-10(6-4-9)16-8-7-13;1-2-3-1;;;;/h3-6,17-18H,7-12H2,1-2H3;3-6,13,15H,7-8H2,1-2H3;1-2H2;4*1H4. The number of epoxide rings is 1. The Morgan fingerprint density at radius 1 is 0.644 bits per heavy atom. The van der Waals surface area contributed by atoms with Gasteiger partial charge in [-0.1, -0.05) is 29.7 Å². The molecule has 0 radical (unpaired) electrons. The Hall–Kier alpha value is -2.90. The minimum Gasteiger partial charge on any atom is -0.491 e. The van der Waals surface area contributed by atoms with E-state index in [9.17, 15) is 14.7 Å². The number of carbonyl (C=O) groups is 2. The van der Waals surface area contributed by atoms with Crippen LogP contribution in [-0.4, -0.2) is 109 Å². The lowest BCUT2D eigenvalue weighted by Gasteiger charge is -2.23. The fourth-order valence-electron chi connectivity index (χ4n) is 3.02. The zero-order chi connectivity index (χ0) is 30.7. The van der Waals surface area contributed by atoms with Gasteiger partial charge in [0, 0.05) is 11.1 Å². The smallest absolute Gasteiger partial charge is 0.194 e. The van der Waals surface area contributed by atoms with E-state index in [2.05, 4.69) is 4.74 Å². The number of benzene rings is 2. The molecule has 3 rings (SSSR count). The molecule has 0 bridgehead atoms. The Morgan fingerprint density at radius 2 is 1.04 bits per heavy atom. The van der Waals surface area contributed by atoms with Gasteiger partial charge in [0.15, 0.2) is 11.6 Å². The SMILES string of the molecule is C.C.C.C.C1CO1.CC(C)(O)C(=O)c1ccc(OCCO)cc1.CC(C)(OCCO)C(=O)c1ccc(OCCOCCO)cc1. The number of aliphatic hydroxyl groups is 4. The van der Waals surface area contributed by atoms with Gasteiger partial charge in [-0.2, -0.15) is 0 Å². The second kappa shape index (κ2) is 26.3. The Balaban J connectivity index is -0.000000324. The van der Waals surface area contributed by atoms with Gasteiger partial charge in [0.05, 0.1) is 52.9 Å². The largest absolute Gasteiger partial charge is 0.491 e. The van der Waals surface area contributed by atoms with Crippen LogP contribution in [0.4, 0.5) is 0 Å². The molecule has 1 heterocycles. The summed E-state index contributed by atoms with van der Waals surface area (Å²) in [5.74, 6) is 0.736. The fraction of sp³-hybridized carbons (Fsp3) is 0.588. The van der Waals surface area contributed by atoms with E-state index in [0.717, 1.165) is 13.2 Å². The lowest BCUT2D eigenvalue weighted by Crippen LogP contribution is -2.36. The molecule has 0 aromatic heterocycles. The van der Waals surface area contributed by atoms with Crippen LogP contribution in [0.25, 0.3) is 0 Å². The van der Waals surface area contributed by atoms with Crippen molar-refractivity contribution < 1.29 is 53.7 Å². The van der Waals surface area contributed by atoms with Crippen LogP contribution in [0.1, 0.15) is 78.1 Å². The van der Waals surface area contributed by atoms with Crippen LogP contribution in [0.5, 0.6) is 11.5 Å². The molecule has 1 fully saturated rings. The van der Waals surface area contributed by atoms with Gasteiger partial charge in [-0.15, -0.1) is 0 Å². The number of hydrogen-bond acceptors (Lipinski definition) is 11. The topological polar surface area (TPSA) is 165 Å². The van der Waals surface area contributed by atoms with Crippen LogP contribution < -0.4 is 9.47 Å². The first-order chi connectivity index (χ1) is 19.5. The molecule has 1 saturated heterocycles. The zero-order valence-corrected chi connectivity index (χ0v) is 24.3. The molecule has 0 unspecified atom stereocenters. The van der Waals surface area contributed by atoms with Gasteiger partial charge in [-0.25, -0.2) is 0 Å². The molecule has 11 nitrogen and oxygen atoms in total. The third kappa shape index (κ3) is 21.5. The van der Waals surface area contributed by atoms with Crippen molar-refractivity contribution in [1.29, 1.82) is 0 Å². The highest BCUT2D eigenvalue weighted by Crippen LogP contribution is 2.20. The predicted molar refractivity (Wildman–Crippen MR) is 179 cm³/mol. The Kier molecular flexibility index (Phi) is 28.7. The van der Waals surface area contributed by atoms with Gasteiger partial charge in [0.1, 0.15) is 35.9 Å². The molecule has 0 saturated carbocycles. The van der Waals surface area contributed by atoms with Crippen LogP contribution >= 0.6 is 0 Å². The van der Waals surface area contributed by atoms with E-state index in [1.54, 1.807) is 62.4 Å². The number of rotatable bonds is 16. The summed E-state index contributed by atoms with van der Waals surface area (Å²) in [4.78, 5) is 24.0. The molecule has 11 heteroatoms. The van der Waals surface area contributed by atoms with Crippen molar-refractivity contribution >= 4 is 11.6 Å². The maximum Gasteiger partial charge on any atom is 0.194 e. The molecule has 0 atom stereocenters. The van der Waals surface area contributed by atoms with Gasteiger partial charge in [-0.05, 0) is 76.2 Å². The fourth-order valence-corrected chi connectivity index (χ4v) is 3.02. The number of Topliss-reactive ketones (excluding diaryl/α,β-unsaturated/α-hetero) is 2. The molecule has 0 amide bonds. The van der Waals surface area contributed by atoms with Gasteiger partial charge < -0.3 is 44.1 Å². The average Bonchev–Trinajstić information content (AvgIpc) is 3.85. The number of carbonyl (C=O) groups excluding carboxylic acids is 2. The lowest BCUT2D eigenvalue weighted by molar-refractivity contribution is -0.0174. The first-order valence-corrected chi connectivity index (χ1v) is 13.4. The van der Waals surface area contributed by atoms with Crippen molar-refractivity contribution in [3.05, 3.63) is 59.7 Å². The first kappa shape index (κ1) is 49.0. The second-order valence-corrected chi connectivity index (χ2v) is 9.72. The third-order valence-electron chi connectivity index (χ3n) is 5.19. The highest BCUT2D eigenvalue weighted by atomic mass is 16.6. The molecule has 4 N–H and O–H groups in total. The van der Waals surface area contributed by atoms with E-state index in [0.29, 0.717) is 42.4 Å². The van der Waals surface area contributed by atoms with E-state index < -0.39 is 11.2 Å². The summed E-state index contributed by atoms with van der Waals surface area (Å²) in [5, 5.41) is 35.4. The van der Waals surface area contributed by atoms with E-state index >= 15 is 0 Å². The number of ketones is 2. The summed E-state index contributed by atoms with van der Waals surface area (Å²) >= 11 is 0. The Morgan fingerprint density at radius 3 is 1.42 bits per heavy atom. The van der Waals surface area contributed by atoms with E-state index in [1.165, 1.54) is 13.8 Å². The summed E-state index contributed by atoms with van der Waals surface area (Å²) in [6.07, 6.45) is 0. The molecule has 1 aliphatic rings. The van der Waals surface area contributed by atoms with Crippen LogP contribution in [0.2, 0.25) is 0 Å². The average molecular weight is 645 g/mol. The van der Waals surface area contributed by atoms with Gasteiger partial charge in [0.25, 0.3) is 0 Å².